The van der Waals surface area contributed by atoms with Crippen LogP contribution >= 0.6 is 11.6 Å². The van der Waals surface area contributed by atoms with Gasteiger partial charge in [0, 0.05) is 11.4 Å². The van der Waals surface area contributed by atoms with Crippen LogP contribution in [-0.4, -0.2) is 14.3 Å². The average Bonchev–Trinajstić information content (AvgIpc) is 2.37. The maximum atomic E-state index is 12.1. The van der Waals surface area contributed by atoms with E-state index in [1.165, 1.54) is 25.3 Å². The second kappa shape index (κ2) is 6.59. The molecule has 20 heavy (non-hydrogen) atoms. The molecule has 0 atom stereocenters. The van der Waals surface area contributed by atoms with E-state index in [0.29, 0.717) is 23.0 Å². The Labute approximate surface area is 125 Å². The fourth-order valence-corrected chi connectivity index (χ4v) is 3.53. The van der Waals surface area contributed by atoms with E-state index in [1.807, 2.05) is 0 Å². The highest BCUT2D eigenvalue weighted by atomic mass is 35.5. The molecule has 0 radical (unpaired) electrons. The van der Waals surface area contributed by atoms with Crippen molar-refractivity contribution < 1.29 is 8.42 Å². The van der Waals surface area contributed by atoms with E-state index in [4.69, 9.17) is 11.6 Å². The number of fused-ring (bicyclic) bond motifs is 1. The second-order valence-electron chi connectivity index (χ2n) is 4.94. The van der Waals surface area contributed by atoms with Crippen LogP contribution in [-0.2, 0) is 10.0 Å². The molecule has 1 aliphatic heterocycles. The topological polar surface area (TPSA) is 58.5 Å². The standard InChI is InChI=1S/C14H19ClN2O2S/c1-2-3-4-5-6-7-14-16-12-10-11(15)8-9-13(12)20(18,19)17-14/h8-10H,2-7H2,1H3,(H,16,17). The lowest BCUT2D eigenvalue weighted by Crippen LogP contribution is -2.21. The predicted molar refractivity (Wildman–Crippen MR) is 83.1 cm³/mol. The van der Waals surface area contributed by atoms with Gasteiger partial charge in [0.1, 0.15) is 10.7 Å². The molecule has 1 N–H and O–H groups in total. The summed E-state index contributed by atoms with van der Waals surface area (Å²) < 4.78 is 28.0. The van der Waals surface area contributed by atoms with Crippen molar-refractivity contribution >= 4 is 33.1 Å². The van der Waals surface area contributed by atoms with Gasteiger partial charge in [-0.05, 0) is 24.6 Å². The molecular formula is C14H19ClN2O2S. The van der Waals surface area contributed by atoms with E-state index in [9.17, 15) is 8.42 Å². The van der Waals surface area contributed by atoms with E-state index in [0.717, 1.165) is 12.8 Å². The molecule has 0 aliphatic carbocycles. The quantitative estimate of drug-likeness (QED) is 0.800. The number of nitrogens with one attached hydrogen (secondary N) is 1. The minimum Gasteiger partial charge on any atom is -0.342 e. The third-order valence-electron chi connectivity index (χ3n) is 3.25. The minimum absolute atomic E-state index is 0.191. The molecular weight excluding hydrogens is 296 g/mol. The molecule has 0 aromatic heterocycles. The number of anilines is 1. The SMILES string of the molecule is CCCCCCCC1=NS(=O)(=O)c2ccc(Cl)cc2N1. The Morgan fingerprint density at radius 1 is 1.20 bits per heavy atom. The molecule has 0 amide bonds. The lowest BCUT2D eigenvalue weighted by atomic mass is 10.1. The summed E-state index contributed by atoms with van der Waals surface area (Å²) in [4.78, 5) is 0.191. The van der Waals surface area contributed by atoms with Gasteiger partial charge in [0.25, 0.3) is 10.0 Å². The third-order valence-corrected chi connectivity index (χ3v) is 4.85. The van der Waals surface area contributed by atoms with Crippen LogP contribution in [0, 0.1) is 0 Å². The number of benzene rings is 1. The largest absolute Gasteiger partial charge is 0.342 e. The molecule has 1 aliphatic rings. The van der Waals surface area contributed by atoms with Crippen molar-refractivity contribution in [2.24, 2.45) is 4.40 Å². The first-order valence-corrected chi connectivity index (χ1v) is 8.75. The van der Waals surface area contributed by atoms with Crippen LogP contribution in [0.4, 0.5) is 5.69 Å². The fraction of sp³-hybridized carbons (Fsp3) is 0.500. The van der Waals surface area contributed by atoms with Crippen molar-refractivity contribution in [3.05, 3.63) is 23.2 Å². The molecule has 0 spiro atoms. The van der Waals surface area contributed by atoms with Crippen molar-refractivity contribution in [2.75, 3.05) is 5.32 Å². The van der Waals surface area contributed by atoms with Gasteiger partial charge < -0.3 is 5.32 Å². The fourth-order valence-electron chi connectivity index (χ4n) is 2.20. The van der Waals surface area contributed by atoms with Crippen LogP contribution in [0.1, 0.15) is 45.4 Å². The number of hydrogen-bond donors (Lipinski definition) is 1. The molecule has 1 heterocycles. The molecule has 1 aromatic rings. The van der Waals surface area contributed by atoms with Gasteiger partial charge in [-0.3, -0.25) is 0 Å². The van der Waals surface area contributed by atoms with Gasteiger partial charge in [-0.25, -0.2) is 0 Å². The summed E-state index contributed by atoms with van der Waals surface area (Å²) in [6, 6.07) is 4.67. The van der Waals surface area contributed by atoms with Crippen molar-refractivity contribution in [2.45, 2.75) is 50.3 Å². The number of halogens is 1. The summed E-state index contributed by atoms with van der Waals surface area (Å²) in [6.45, 7) is 2.17. The van der Waals surface area contributed by atoms with Crippen molar-refractivity contribution in [1.29, 1.82) is 0 Å². The predicted octanol–water partition coefficient (Wildman–Crippen LogP) is 4.21. The van der Waals surface area contributed by atoms with Crippen molar-refractivity contribution in [3.8, 4) is 0 Å². The monoisotopic (exact) mass is 314 g/mol. The van der Waals surface area contributed by atoms with Gasteiger partial charge in [-0.2, -0.15) is 8.42 Å². The number of rotatable bonds is 6. The molecule has 0 bridgehead atoms. The summed E-state index contributed by atoms with van der Waals surface area (Å²) in [6.07, 6.45) is 6.28. The maximum absolute atomic E-state index is 12.1. The zero-order chi connectivity index (χ0) is 14.6. The summed E-state index contributed by atoms with van der Waals surface area (Å²) in [5.41, 5.74) is 0.524. The lowest BCUT2D eigenvalue weighted by molar-refractivity contribution is 0.597. The van der Waals surface area contributed by atoms with Gasteiger partial charge in [0.05, 0.1) is 5.69 Å². The van der Waals surface area contributed by atoms with Gasteiger partial charge in [-0.1, -0.05) is 44.2 Å². The highest BCUT2D eigenvalue weighted by molar-refractivity contribution is 7.90. The summed E-state index contributed by atoms with van der Waals surface area (Å²) in [5, 5.41) is 3.58. The molecule has 4 nitrogen and oxygen atoms in total. The normalized spacial score (nSPS) is 16.2. The van der Waals surface area contributed by atoms with E-state index < -0.39 is 10.0 Å². The van der Waals surface area contributed by atoms with Crippen molar-refractivity contribution in [3.63, 3.8) is 0 Å². The summed E-state index contributed by atoms with van der Waals surface area (Å²) in [5.74, 6) is 0.510. The first-order chi connectivity index (χ1) is 9.53. The maximum Gasteiger partial charge on any atom is 0.286 e. The van der Waals surface area contributed by atoms with E-state index in [-0.39, 0.29) is 4.90 Å². The Balaban J connectivity index is 2.05. The number of sulfonamides is 1. The molecule has 2 rings (SSSR count). The van der Waals surface area contributed by atoms with Gasteiger partial charge in [-0.15, -0.1) is 4.40 Å². The Bertz CT molecular complexity index is 612. The molecule has 110 valence electrons. The van der Waals surface area contributed by atoms with Gasteiger partial charge >= 0.3 is 0 Å². The summed E-state index contributed by atoms with van der Waals surface area (Å²) >= 11 is 5.90. The molecule has 0 saturated carbocycles. The highest BCUT2D eigenvalue weighted by Gasteiger charge is 2.24. The number of unbranched alkanes of at least 4 members (excludes halogenated alkanes) is 4. The molecule has 0 saturated heterocycles. The van der Waals surface area contributed by atoms with Crippen LogP contribution in [0.5, 0.6) is 0 Å². The molecule has 0 fully saturated rings. The van der Waals surface area contributed by atoms with E-state index in [2.05, 4.69) is 16.6 Å². The Kier molecular flexibility index (Phi) is 5.05. The average molecular weight is 315 g/mol. The van der Waals surface area contributed by atoms with E-state index >= 15 is 0 Å². The van der Waals surface area contributed by atoms with Gasteiger partial charge in [0.2, 0.25) is 0 Å². The van der Waals surface area contributed by atoms with Crippen LogP contribution < -0.4 is 5.32 Å². The van der Waals surface area contributed by atoms with E-state index in [1.54, 1.807) is 12.1 Å². The van der Waals surface area contributed by atoms with Crippen LogP contribution in [0.2, 0.25) is 5.02 Å². The first kappa shape index (κ1) is 15.3. The van der Waals surface area contributed by atoms with Crippen LogP contribution in [0.15, 0.2) is 27.5 Å². The molecule has 6 heteroatoms. The molecule has 0 unspecified atom stereocenters. The summed E-state index contributed by atoms with van der Waals surface area (Å²) in [7, 11) is -3.59. The van der Waals surface area contributed by atoms with Crippen LogP contribution in [0.3, 0.4) is 0 Å². The lowest BCUT2D eigenvalue weighted by Gasteiger charge is -2.18. The second-order valence-corrected chi connectivity index (χ2v) is 6.95. The zero-order valence-corrected chi connectivity index (χ0v) is 13.1. The Morgan fingerprint density at radius 2 is 1.95 bits per heavy atom. The Hall–Kier alpha value is -1.07. The number of amidine groups is 1. The molecule has 1 aromatic carbocycles. The van der Waals surface area contributed by atoms with Crippen LogP contribution in [0.25, 0.3) is 0 Å². The zero-order valence-electron chi connectivity index (χ0n) is 11.5. The smallest absolute Gasteiger partial charge is 0.286 e. The number of hydrogen-bond acceptors (Lipinski definition) is 3. The van der Waals surface area contributed by atoms with Crippen molar-refractivity contribution in [1.82, 2.24) is 0 Å². The van der Waals surface area contributed by atoms with Gasteiger partial charge in [0.15, 0.2) is 0 Å². The first-order valence-electron chi connectivity index (χ1n) is 6.93. The minimum atomic E-state index is -3.59. The third kappa shape index (κ3) is 3.73. The Morgan fingerprint density at radius 3 is 2.70 bits per heavy atom. The number of nitrogens with zero attached hydrogens (tertiary/aromatic N) is 1. The highest BCUT2D eigenvalue weighted by Crippen LogP contribution is 2.30.